The Morgan fingerprint density at radius 2 is 2.19 bits per heavy atom. The van der Waals surface area contributed by atoms with Gasteiger partial charge in [0.1, 0.15) is 6.10 Å². The largest absolute Gasteiger partial charge is 0.458 e. The molecule has 1 unspecified atom stereocenters. The van der Waals surface area contributed by atoms with Gasteiger partial charge >= 0.3 is 5.97 Å². The van der Waals surface area contributed by atoms with Crippen LogP contribution in [0.5, 0.6) is 0 Å². The molecule has 5 atom stereocenters. The number of aliphatic hydroxyl groups excluding tert-OH is 2. The van der Waals surface area contributed by atoms with Crippen LogP contribution in [0, 0.1) is 5.92 Å². The second-order valence-corrected chi connectivity index (χ2v) is 7.08. The topological polar surface area (TPSA) is 113 Å². The van der Waals surface area contributed by atoms with Gasteiger partial charge in [-0.1, -0.05) is 12.7 Å². The lowest BCUT2D eigenvalue weighted by Gasteiger charge is -2.32. The van der Waals surface area contributed by atoms with Gasteiger partial charge in [0.2, 0.25) is 0 Å². The Balaban J connectivity index is 2.51. The first-order chi connectivity index (χ1) is 12.6. The number of ether oxygens (including phenoxy) is 2. The molecule has 0 aromatic heterocycles. The van der Waals surface area contributed by atoms with E-state index in [0.29, 0.717) is 5.57 Å². The van der Waals surface area contributed by atoms with E-state index in [4.69, 9.17) is 9.47 Å². The van der Waals surface area contributed by atoms with Gasteiger partial charge in [0.15, 0.2) is 12.1 Å². The summed E-state index contributed by atoms with van der Waals surface area (Å²) in [7, 11) is 0. The predicted molar refractivity (Wildman–Crippen MR) is 97.4 cm³/mol. The van der Waals surface area contributed by atoms with Crippen molar-refractivity contribution in [1.29, 1.82) is 0 Å². The van der Waals surface area contributed by atoms with Gasteiger partial charge in [0.05, 0.1) is 24.2 Å². The highest BCUT2D eigenvalue weighted by Gasteiger charge is 2.45. The fourth-order valence-corrected chi connectivity index (χ4v) is 3.13. The molecule has 1 aliphatic heterocycles. The van der Waals surface area contributed by atoms with Gasteiger partial charge in [-0.25, -0.2) is 4.79 Å². The minimum absolute atomic E-state index is 0.0297. The Morgan fingerprint density at radius 1 is 1.52 bits per heavy atom. The second kappa shape index (κ2) is 8.31. The highest BCUT2D eigenvalue weighted by Crippen LogP contribution is 2.38. The molecule has 3 N–H and O–H groups in total. The zero-order chi connectivity index (χ0) is 20.4. The Hall–Kier alpha value is -2.06. The Labute approximate surface area is 158 Å². The van der Waals surface area contributed by atoms with E-state index in [1.165, 1.54) is 25.2 Å². The van der Waals surface area contributed by atoms with Crippen molar-refractivity contribution in [2.24, 2.45) is 5.92 Å². The maximum absolute atomic E-state index is 12.3. The third kappa shape index (κ3) is 4.81. The minimum atomic E-state index is -1.47. The number of allylic oxidation sites excluding steroid dienone is 2. The Morgan fingerprint density at radius 3 is 2.78 bits per heavy atom. The molecule has 0 bridgehead atoms. The van der Waals surface area contributed by atoms with Gasteiger partial charge in [0, 0.05) is 17.6 Å². The average molecular weight is 378 g/mol. The van der Waals surface area contributed by atoms with E-state index in [1.54, 1.807) is 19.9 Å². The minimum Gasteiger partial charge on any atom is -0.458 e. The second-order valence-electron chi connectivity index (χ2n) is 7.08. The van der Waals surface area contributed by atoms with Gasteiger partial charge in [-0.15, -0.1) is 0 Å². The molecular weight excluding hydrogens is 352 g/mol. The molecule has 7 nitrogen and oxygen atoms in total. The molecule has 2 rings (SSSR count). The van der Waals surface area contributed by atoms with Gasteiger partial charge in [-0.05, 0) is 44.6 Å². The van der Waals surface area contributed by atoms with Crippen molar-refractivity contribution in [3.05, 3.63) is 47.6 Å². The molecule has 148 valence electrons. The summed E-state index contributed by atoms with van der Waals surface area (Å²) in [5.74, 6) is -1.73. The van der Waals surface area contributed by atoms with Crippen LogP contribution in [0.2, 0.25) is 0 Å². The van der Waals surface area contributed by atoms with Crippen LogP contribution in [0.15, 0.2) is 47.6 Å². The lowest BCUT2D eigenvalue weighted by molar-refractivity contribution is -0.150. The number of hydrogen-bond donors (Lipinski definition) is 3. The van der Waals surface area contributed by atoms with Crippen LogP contribution >= 0.6 is 0 Å². The number of fused-ring (bicyclic) bond motifs is 1. The van der Waals surface area contributed by atoms with Crippen LogP contribution in [0.25, 0.3) is 0 Å². The smallest absolute Gasteiger partial charge is 0.333 e. The van der Waals surface area contributed by atoms with E-state index in [9.17, 15) is 24.9 Å². The standard InChI is InChI=1S/C20H26O7/c1-5-11(2)18(23)27-16-9-20(4,25)7-6-14(22)13(10-21)8-15-17(16)12(3)19(24)26-15/h5-8,15-17,19,21,24-25H,3,9-10H2,1-2,4H3/b7-6+,11-5-,13-8-/t15-,16-,17+,19?,20+/m1/s1. The molecule has 0 aromatic carbocycles. The Bertz CT molecular complexity index is 714. The summed E-state index contributed by atoms with van der Waals surface area (Å²) in [6.07, 6.45) is 2.43. The van der Waals surface area contributed by atoms with Crippen LogP contribution < -0.4 is 0 Å². The molecule has 7 heteroatoms. The summed E-state index contributed by atoms with van der Waals surface area (Å²) in [5.41, 5.74) is -0.751. The van der Waals surface area contributed by atoms with Gasteiger partial charge in [-0.3, -0.25) is 4.79 Å². The van der Waals surface area contributed by atoms with E-state index in [0.717, 1.165) is 0 Å². The zero-order valence-corrected chi connectivity index (χ0v) is 15.7. The third-order valence-electron chi connectivity index (χ3n) is 4.86. The molecule has 1 fully saturated rings. The molecule has 27 heavy (non-hydrogen) atoms. The molecule has 2 aliphatic rings. The quantitative estimate of drug-likeness (QED) is 0.381. The molecule has 0 amide bonds. The number of esters is 1. The van der Waals surface area contributed by atoms with E-state index in [-0.39, 0.29) is 17.6 Å². The van der Waals surface area contributed by atoms with Crippen molar-refractivity contribution in [3.8, 4) is 0 Å². The van der Waals surface area contributed by atoms with Crippen LogP contribution in [0.1, 0.15) is 27.2 Å². The van der Waals surface area contributed by atoms with Crippen LogP contribution in [-0.4, -0.2) is 57.8 Å². The summed E-state index contributed by atoms with van der Waals surface area (Å²) in [4.78, 5) is 24.6. The number of hydrogen-bond acceptors (Lipinski definition) is 7. The van der Waals surface area contributed by atoms with Gasteiger partial charge in [0.25, 0.3) is 0 Å². The predicted octanol–water partition coefficient (Wildman–Crippen LogP) is 0.953. The summed E-state index contributed by atoms with van der Waals surface area (Å²) in [5, 5.41) is 30.3. The number of ketones is 1. The summed E-state index contributed by atoms with van der Waals surface area (Å²) in [6, 6.07) is 0. The summed E-state index contributed by atoms with van der Waals surface area (Å²) >= 11 is 0. The number of carbonyl (C=O) groups is 2. The van der Waals surface area contributed by atoms with Crippen LogP contribution in [0.3, 0.4) is 0 Å². The molecule has 0 saturated carbocycles. The van der Waals surface area contributed by atoms with E-state index >= 15 is 0 Å². The van der Waals surface area contributed by atoms with E-state index in [1.807, 2.05) is 0 Å². The first kappa shape index (κ1) is 21.2. The highest BCUT2D eigenvalue weighted by atomic mass is 16.6. The van der Waals surface area contributed by atoms with Crippen molar-refractivity contribution >= 4 is 11.8 Å². The van der Waals surface area contributed by atoms with Crippen molar-refractivity contribution in [1.82, 2.24) is 0 Å². The number of rotatable bonds is 3. The molecular formula is C20H26O7. The lowest BCUT2D eigenvalue weighted by atomic mass is 9.82. The van der Waals surface area contributed by atoms with Crippen molar-refractivity contribution < 1.29 is 34.4 Å². The summed E-state index contributed by atoms with van der Waals surface area (Å²) < 4.78 is 11.1. The molecule has 0 radical (unpaired) electrons. The highest BCUT2D eigenvalue weighted by molar-refractivity contribution is 6.04. The zero-order valence-electron chi connectivity index (χ0n) is 15.7. The van der Waals surface area contributed by atoms with Gasteiger partial charge in [-0.2, -0.15) is 0 Å². The van der Waals surface area contributed by atoms with E-state index in [2.05, 4.69) is 6.58 Å². The monoisotopic (exact) mass is 378 g/mol. The van der Waals surface area contributed by atoms with Crippen LogP contribution in [0.4, 0.5) is 0 Å². The normalized spacial score (nSPS) is 38.0. The number of aliphatic hydroxyl groups is 3. The molecule has 0 aromatic rings. The molecule has 1 saturated heterocycles. The molecule has 1 heterocycles. The van der Waals surface area contributed by atoms with Crippen LogP contribution in [-0.2, 0) is 19.1 Å². The average Bonchev–Trinajstić information content (AvgIpc) is 2.89. The Kier molecular flexibility index (Phi) is 6.54. The lowest BCUT2D eigenvalue weighted by Crippen LogP contribution is -2.40. The van der Waals surface area contributed by atoms with Crippen molar-refractivity contribution in [2.75, 3.05) is 6.61 Å². The van der Waals surface area contributed by atoms with Crippen molar-refractivity contribution in [3.63, 3.8) is 0 Å². The molecule has 1 aliphatic carbocycles. The first-order valence-electron chi connectivity index (χ1n) is 8.73. The number of carbonyl (C=O) groups excluding carboxylic acids is 2. The van der Waals surface area contributed by atoms with Crippen molar-refractivity contribution in [2.45, 2.75) is 51.3 Å². The summed E-state index contributed by atoms with van der Waals surface area (Å²) in [6.45, 7) is 8.08. The maximum Gasteiger partial charge on any atom is 0.333 e. The fourth-order valence-electron chi connectivity index (χ4n) is 3.13. The third-order valence-corrected chi connectivity index (χ3v) is 4.86. The fraction of sp³-hybridized carbons (Fsp3) is 0.500. The molecule has 0 spiro atoms. The van der Waals surface area contributed by atoms with Gasteiger partial charge < -0.3 is 24.8 Å². The SMILES string of the molecule is C=C1C(O)O[C@@H]2/C=C(/CO)C(=O)/C=C/[C@](C)(O)C[C@@H](OC(=O)/C(C)=C\C)[C@@H]12. The first-order valence-corrected chi connectivity index (χ1v) is 8.73. The maximum atomic E-state index is 12.3. The van der Waals surface area contributed by atoms with E-state index < -0.39 is 48.4 Å².